The maximum atomic E-state index is 5.83. The Morgan fingerprint density at radius 2 is 2.27 bits per heavy atom. The molecular weight excluding hydrogens is 190 g/mol. The topological polar surface area (TPSA) is 44.5 Å². The average Bonchev–Trinajstić information content (AvgIpc) is 2.30. The largest absolute Gasteiger partial charge is 0.381 e. The predicted octanol–water partition coefficient (Wildman–Crippen LogP) is 1.06. The molecule has 0 spiro atoms. The second-order valence-corrected chi connectivity index (χ2v) is 3.89. The Morgan fingerprint density at radius 3 is 3.00 bits per heavy atom. The first kappa shape index (κ1) is 10.6. The van der Waals surface area contributed by atoms with Crippen LogP contribution in [0.25, 0.3) is 0 Å². The van der Waals surface area contributed by atoms with Crippen molar-refractivity contribution in [1.29, 1.82) is 0 Å². The highest BCUT2D eigenvalue weighted by molar-refractivity contribution is 5.35. The molecule has 1 aromatic rings. The molecule has 0 aliphatic carbocycles. The number of nitrogens with two attached hydrogens (primary N) is 1. The van der Waals surface area contributed by atoms with E-state index in [9.17, 15) is 0 Å². The van der Waals surface area contributed by atoms with Gasteiger partial charge in [-0.25, -0.2) is 0 Å². The summed E-state index contributed by atoms with van der Waals surface area (Å²) in [4.78, 5) is 0. The SMILES string of the molecule is COC[C@@]1(CN)OCCc2ccccc21. The van der Waals surface area contributed by atoms with E-state index in [-0.39, 0.29) is 0 Å². The van der Waals surface area contributed by atoms with E-state index in [1.54, 1.807) is 7.11 Å². The zero-order valence-corrected chi connectivity index (χ0v) is 9.03. The molecule has 0 saturated heterocycles. The van der Waals surface area contributed by atoms with Crippen LogP contribution >= 0.6 is 0 Å². The smallest absolute Gasteiger partial charge is 0.129 e. The standard InChI is InChI=1S/C12H17NO2/c1-14-9-12(8-13)11-5-3-2-4-10(11)6-7-15-12/h2-5H,6-9,13H2,1H3/t12-/m1/s1. The van der Waals surface area contributed by atoms with E-state index in [1.165, 1.54) is 11.1 Å². The van der Waals surface area contributed by atoms with Crippen molar-refractivity contribution in [1.82, 2.24) is 0 Å². The minimum atomic E-state index is -0.441. The van der Waals surface area contributed by atoms with Crippen LogP contribution < -0.4 is 5.73 Å². The summed E-state index contributed by atoms with van der Waals surface area (Å²) in [5.41, 5.74) is 7.90. The van der Waals surface area contributed by atoms with Gasteiger partial charge in [0, 0.05) is 13.7 Å². The van der Waals surface area contributed by atoms with Crippen molar-refractivity contribution in [3.8, 4) is 0 Å². The van der Waals surface area contributed by atoms with Crippen molar-refractivity contribution in [2.45, 2.75) is 12.0 Å². The van der Waals surface area contributed by atoms with Crippen LogP contribution in [0.15, 0.2) is 24.3 Å². The maximum Gasteiger partial charge on any atom is 0.129 e. The van der Waals surface area contributed by atoms with Gasteiger partial charge in [0.25, 0.3) is 0 Å². The first-order chi connectivity index (χ1) is 7.32. The second-order valence-electron chi connectivity index (χ2n) is 3.89. The summed E-state index contributed by atoms with van der Waals surface area (Å²) >= 11 is 0. The van der Waals surface area contributed by atoms with Crippen LogP contribution in [0.2, 0.25) is 0 Å². The van der Waals surface area contributed by atoms with Crippen LogP contribution in [0.1, 0.15) is 11.1 Å². The summed E-state index contributed by atoms with van der Waals surface area (Å²) < 4.78 is 11.1. The first-order valence-electron chi connectivity index (χ1n) is 5.24. The molecule has 0 bridgehead atoms. The lowest BCUT2D eigenvalue weighted by Crippen LogP contribution is -2.45. The lowest BCUT2D eigenvalue weighted by Gasteiger charge is -2.37. The fraction of sp³-hybridized carbons (Fsp3) is 0.500. The molecule has 1 aliphatic rings. The molecule has 3 nitrogen and oxygen atoms in total. The average molecular weight is 207 g/mol. The molecule has 0 amide bonds. The van der Waals surface area contributed by atoms with Gasteiger partial charge in [0.05, 0.1) is 13.2 Å². The Balaban J connectivity index is 2.42. The van der Waals surface area contributed by atoms with Crippen molar-refractivity contribution in [2.24, 2.45) is 5.73 Å². The summed E-state index contributed by atoms with van der Waals surface area (Å²) in [7, 11) is 1.68. The highest BCUT2D eigenvalue weighted by atomic mass is 16.5. The molecule has 82 valence electrons. The molecule has 1 aliphatic heterocycles. The van der Waals surface area contributed by atoms with E-state index in [1.807, 2.05) is 6.07 Å². The van der Waals surface area contributed by atoms with Gasteiger partial charge in [0.2, 0.25) is 0 Å². The molecule has 0 fully saturated rings. The molecule has 0 aromatic heterocycles. The highest BCUT2D eigenvalue weighted by Crippen LogP contribution is 2.32. The quantitative estimate of drug-likeness (QED) is 0.806. The van der Waals surface area contributed by atoms with E-state index in [0.29, 0.717) is 13.2 Å². The normalized spacial score (nSPS) is 24.9. The van der Waals surface area contributed by atoms with Crippen molar-refractivity contribution < 1.29 is 9.47 Å². The molecule has 0 saturated carbocycles. The van der Waals surface area contributed by atoms with Gasteiger partial charge in [-0.1, -0.05) is 24.3 Å². The number of hydrogen-bond acceptors (Lipinski definition) is 3. The Hall–Kier alpha value is -0.900. The van der Waals surface area contributed by atoms with E-state index in [2.05, 4.69) is 18.2 Å². The molecule has 0 radical (unpaired) electrons. The minimum Gasteiger partial charge on any atom is -0.381 e. The van der Waals surface area contributed by atoms with Gasteiger partial charge in [-0.05, 0) is 17.5 Å². The number of benzene rings is 1. The lowest BCUT2D eigenvalue weighted by molar-refractivity contribution is -0.0963. The summed E-state index contributed by atoms with van der Waals surface area (Å²) in [5.74, 6) is 0. The van der Waals surface area contributed by atoms with Gasteiger partial charge in [-0.15, -0.1) is 0 Å². The van der Waals surface area contributed by atoms with E-state index in [0.717, 1.165) is 13.0 Å². The molecule has 1 aromatic carbocycles. The summed E-state index contributed by atoms with van der Waals surface area (Å²) in [6.45, 7) is 1.69. The third-order valence-electron chi connectivity index (χ3n) is 2.97. The Morgan fingerprint density at radius 1 is 1.47 bits per heavy atom. The second kappa shape index (κ2) is 4.31. The Labute approximate surface area is 90.2 Å². The van der Waals surface area contributed by atoms with Gasteiger partial charge in [0.1, 0.15) is 5.60 Å². The van der Waals surface area contributed by atoms with E-state index >= 15 is 0 Å². The fourth-order valence-electron chi connectivity index (χ4n) is 2.20. The molecule has 0 unspecified atom stereocenters. The van der Waals surface area contributed by atoms with Gasteiger partial charge < -0.3 is 15.2 Å². The van der Waals surface area contributed by atoms with Crippen LogP contribution in [0, 0.1) is 0 Å². The Kier molecular flexibility index (Phi) is 3.05. The van der Waals surface area contributed by atoms with Crippen LogP contribution in [0.4, 0.5) is 0 Å². The van der Waals surface area contributed by atoms with Crippen LogP contribution in [-0.2, 0) is 21.5 Å². The first-order valence-corrected chi connectivity index (χ1v) is 5.24. The summed E-state index contributed by atoms with van der Waals surface area (Å²) in [6.07, 6.45) is 0.960. The van der Waals surface area contributed by atoms with Crippen LogP contribution in [0.3, 0.4) is 0 Å². The van der Waals surface area contributed by atoms with Crippen molar-refractivity contribution in [3.63, 3.8) is 0 Å². The monoisotopic (exact) mass is 207 g/mol. The van der Waals surface area contributed by atoms with Gasteiger partial charge >= 0.3 is 0 Å². The number of fused-ring (bicyclic) bond motifs is 1. The Bertz CT molecular complexity index is 340. The van der Waals surface area contributed by atoms with Crippen molar-refractivity contribution in [2.75, 3.05) is 26.9 Å². The predicted molar refractivity (Wildman–Crippen MR) is 58.7 cm³/mol. The molecule has 2 rings (SSSR count). The van der Waals surface area contributed by atoms with Crippen LogP contribution in [-0.4, -0.2) is 26.9 Å². The number of hydrogen-bond donors (Lipinski definition) is 1. The van der Waals surface area contributed by atoms with Crippen molar-refractivity contribution >= 4 is 0 Å². The third kappa shape index (κ3) is 1.78. The van der Waals surface area contributed by atoms with Gasteiger partial charge in [-0.2, -0.15) is 0 Å². The summed E-state index contributed by atoms with van der Waals surface area (Å²) in [5, 5.41) is 0. The van der Waals surface area contributed by atoms with Crippen molar-refractivity contribution in [3.05, 3.63) is 35.4 Å². The molecule has 1 heterocycles. The molecule has 1 atom stereocenters. The number of rotatable bonds is 3. The maximum absolute atomic E-state index is 5.83. The lowest BCUT2D eigenvalue weighted by atomic mass is 9.87. The molecule has 15 heavy (non-hydrogen) atoms. The fourth-order valence-corrected chi connectivity index (χ4v) is 2.20. The van der Waals surface area contributed by atoms with Crippen LogP contribution in [0.5, 0.6) is 0 Å². The number of methoxy groups -OCH3 is 1. The van der Waals surface area contributed by atoms with Gasteiger partial charge in [0.15, 0.2) is 0 Å². The zero-order chi connectivity index (χ0) is 10.7. The molecular formula is C12H17NO2. The number of ether oxygens (including phenoxy) is 2. The molecule has 3 heteroatoms. The zero-order valence-electron chi connectivity index (χ0n) is 9.03. The van der Waals surface area contributed by atoms with E-state index in [4.69, 9.17) is 15.2 Å². The van der Waals surface area contributed by atoms with E-state index < -0.39 is 5.60 Å². The third-order valence-corrected chi connectivity index (χ3v) is 2.97. The minimum absolute atomic E-state index is 0.441. The summed E-state index contributed by atoms with van der Waals surface area (Å²) in [6, 6.07) is 8.30. The molecule has 2 N–H and O–H groups in total. The van der Waals surface area contributed by atoms with Gasteiger partial charge in [-0.3, -0.25) is 0 Å². The highest BCUT2D eigenvalue weighted by Gasteiger charge is 2.36.